The lowest BCUT2D eigenvalue weighted by Crippen LogP contribution is -2.26. The molecule has 1 amide bonds. The Morgan fingerprint density at radius 2 is 1.96 bits per heavy atom. The van der Waals surface area contributed by atoms with Crippen LogP contribution in [0.1, 0.15) is 28.9 Å². The van der Waals surface area contributed by atoms with Crippen LogP contribution in [0.2, 0.25) is 5.02 Å². The molecular weight excluding hydrogens is 410 g/mol. The summed E-state index contributed by atoms with van der Waals surface area (Å²) in [6.07, 6.45) is 1.22. The Bertz CT molecular complexity index is 761. The van der Waals surface area contributed by atoms with Crippen LogP contribution in [0.25, 0.3) is 0 Å². The minimum atomic E-state index is -0.475. The van der Waals surface area contributed by atoms with Crippen LogP contribution in [0.3, 0.4) is 0 Å². The summed E-state index contributed by atoms with van der Waals surface area (Å²) in [7, 11) is 0. The maximum Gasteiger partial charge on any atom is 0.251 e. The average Bonchev–Trinajstić information content (AvgIpc) is 2.61. The quantitative estimate of drug-likeness (QED) is 0.673. The fourth-order valence-corrected chi connectivity index (χ4v) is 2.43. The summed E-state index contributed by atoms with van der Waals surface area (Å²) in [5.41, 5.74) is 6.63. The fourth-order valence-electron chi connectivity index (χ4n) is 2.20. The number of halogens is 3. The molecule has 0 aromatic heterocycles. The van der Waals surface area contributed by atoms with Gasteiger partial charge in [0.15, 0.2) is 0 Å². The first-order valence-electron chi connectivity index (χ1n) is 7.84. The summed E-state index contributed by atoms with van der Waals surface area (Å²) in [5.74, 6) is -0.425. The highest BCUT2D eigenvalue weighted by molar-refractivity contribution is 7.59. The number of nitrogens with two attached hydrogens (primary N) is 1. The normalized spacial score (nSPS) is 11.6. The number of carbonyl (C=O) groups is 1. The molecule has 0 fully saturated rings. The van der Waals surface area contributed by atoms with Gasteiger partial charge in [-0.25, -0.2) is 4.39 Å². The monoisotopic (exact) mass is 432 g/mol. The first-order chi connectivity index (χ1) is 12.0. The molecule has 0 spiro atoms. The Hall–Kier alpha value is -1.73. The number of hydrogen-bond donors (Lipinski definition) is 2. The molecule has 148 valence electrons. The van der Waals surface area contributed by atoms with Gasteiger partial charge in [-0.05, 0) is 36.8 Å². The maximum atomic E-state index is 13.3. The SMILES string of the molecule is C[C@H](NC(=O)c1ccc(OC/C(F)=C\CN)c(Cl)c1)c1ccccc1.Cl.S. The molecule has 27 heavy (non-hydrogen) atoms. The molecule has 2 aromatic carbocycles. The van der Waals surface area contributed by atoms with Crippen molar-refractivity contribution >= 4 is 43.4 Å². The molecule has 0 heterocycles. The van der Waals surface area contributed by atoms with Gasteiger partial charge in [0.25, 0.3) is 5.91 Å². The van der Waals surface area contributed by atoms with Crippen LogP contribution in [0.15, 0.2) is 60.4 Å². The highest BCUT2D eigenvalue weighted by atomic mass is 35.5. The smallest absolute Gasteiger partial charge is 0.251 e. The number of carbonyl (C=O) groups excluding carboxylic acids is 1. The number of amides is 1. The minimum absolute atomic E-state index is 0. The molecular formula is C19H23Cl2FN2O2S. The zero-order chi connectivity index (χ0) is 18.2. The third-order valence-electron chi connectivity index (χ3n) is 3.55. The van der Waals surface area contributed by atoms with Crippen LogP contribution in [0, 0.1) is 0 Å². The second kappa shape index (κ2) is 12.6. The number of nitrogens with one attached hydrogen (secondary N) is 1. The highest BCUT2D eigenvalue weighted by Crippen LogP contribution is 2.26. The van der Waals surface area contributed by atoms with Crippen LogP contribution in [-0.2, 0) is 0 Å². The zero-order valence-corrected chi connectivity index (χ0v) is 17.3. The van der Waals surface area contributed by atoms with Crippen LogP contribution in [0.5, 0.6) is 5.75 Å². The van der Waals surface area contributed by atoms with E-state index < -0.39 is 5.83 Å². The molecule has 0 aliphatic carbocycles. The predicted octanol–water partition coefficient (Wildman–Crippen LogP) is 4.56. The molecule has 4 nitrogen and oxygen atoms in total. The predicted molar refractivity (Wildman–Crippen MR) is 115 cm³/mol. The van der Waals surface area contributed by atoms with E-state index in [4.69, 9.17) is 22.1 Å². The van der Waals surface area contributed by atoms with Gasteiger partial charge in [0.1, 0.15) is 18.2 Å². The number of hydrogen-bond acceptors (Lipinski definition) is 3. The molecule has 0 radical (unpaired) electrons. The van der Waals surface area contributed by atoms with Gasteiger partial charge in [-0.2, -0.15) is 13.5 Å². The second-order valence-corrected chi connectivity index (χ2v) is 5.83. The van der Waals surface area contributed by atoms with Crippen molar-refractivity contribution in [2.24, 2.45) is 5.73 Å². The van der Waals surface area contributed by atoms with Crippen molar-refractivity contribution in [3.63, 3.8) is 0 Å². The van der Waals surface area contributed by atoms with E-state index in [0.717, 1.165) is 5.56 Å². The van der Waals surface area contributed by atoms with Gasteiger partial charge >= 0.3 is 0 Å². The van der Waals surface area contributed by atoms with E-state index in [1.807, 2.05) is 37.3 Å². The first-order valence-corrected chi connectivity index (χ1v) is 8.21. The maximum absolute atomic E-state index is 13.3. The minimum Gasteiger partial charge on any atom is -0.485 e. The van der Waals surface area contributed by atoms with Gasteiger partial charge in [-0.1, -0.05) is 41.9 Å². The van der Waals surface area contributed by atoms with Crippen LogP contribution in [0.4, 0.5) is 4.39 Å². The molecule has 8 heteroatoms. The van der Waals surface area contributed by atoms with Crippen molar-refractivity contribution in [2.45, 2.75) is 13.0 Å². The van der Waals surface area contributed by atoms with Crippen LogP contribution in [-0.4, -0.2) is 19.1 Å². The molecule has 1 atom stereocenters. The van der Waals surface area contributed by atoms with Crippen molar-refractivity contribution in [1.29, 1.82) is 0 Å². The molecule has 0 saturated heterocycles. The van der Waals surface area contributed by atoms with Crippen molar-refractivity contribution in [3.05, 3.63) is 76.6 Å². The summed E-state index contributed by atoms with van der Waals surface area (Å²) in [6, 6.07) is 14.1. The standard InChI is InChI=1S/C19H20ClFN2O2.ClH.H2S/c1-13(14-5-3-2-4-6-14)23-19(24)15-7-8-18(17(20)11-15)25-12-16(21)9-10-22;;/h2-9,11,13H,10,12,22H2,1H3,(H,23,24);1H;1H2/b16-9+;;/t13-;;/m0../s1. The largest absolute Gasteiger partial charge is 0.485 e. The third-order valence-corrected chi connectivity index (χ3v) is 3.84. The van der Waals surface area contributed by atoms with Crippen LogP contribution < -0.4 is 15.8 Å². The van der Waals surface area contributed by atoms with Gasteiger partial charge in [0.2, 0.25) is 0 Å². The summed E-state index contributed by atoms with van der Waals surface area (Å²) in [4.78, 5) is 12.3. The lowest BCUT2D eigenvalue weighted by molar-refractivity contribution is 0.0940. The van der Waals surface area contributed by atoms with Crippen molar-refractivity contribution in [1.82, 2.24) is 5.32 Å². The Labute approximate surface area is 176 Å². The Morgan fingerprint density at radius 3 is 2.56 bits per heavy atom. The second-order valence-electron chi connectivity index (χ2n) is 5.43. The van der Waals surface area contributed by atoms with Gasteiger partial charge in [-0.3, -0.25) is 4.79 Å². The lowest BCUT2D eigenvalue weighted by atomic mass is 10.1. The van der Waals surface area contributed by atoms with E-state index >= 15 is 0 Å². The molecule has 0 saturated carbocycles. The molecule has 0 unspecified atom stereocenters. The molecule has 2 aromatic rings. The van der Waals surface area contributed by atoms with Crippen molar-refractivity contribution < 1.29 is 13.9 Å². The third kappa shape index (κ3) is 7.81. The molecule has 0 aliphatic rings. The van der Waals surface area contributed by atoms with E-state index in [-0.39, 0.29) is 56.0 Å². The number of ether oxygens (including phenoxy) is 1. The Kier molecular flexibility index (Phi) is 11.8. The van der Waals surface area contributed by atoms with Crippen molar-refractivity contribution in [2.75, 3.05) is 13.2 Å². The average molecular weight is 433 g/mol. The van der Waals surface area contributed by atoms with E-state index in [9.17, 15) is 9.18 Å². The fraction of sp³-hybridized carbons (Fsp3) is 0.211. The van der Waals surface area contributed by atoms with Crippen LogP contribution >= 0.6 is 37.5 Å². The summed E-state index contributed by atoms with van der Waals surface area (Å²) < 4.78 is 18.6. The van der Waals surface area contributed by atoms with Gasteiger partial charge in [0.05, 0.1) is 11.1 Å². The van der Waals surface area contributed by atoms with Gasteiger partial charge < -0.3 is 15.8 Å². The van der Waals surface area contributed by atoms with Gasteiger partial charge in [-0.15, -0.1) is 12.4 Å². The number of rotatable bonds is 7. The van der Waals surface area contributed by atoms with E-state index in [1.54, 1.807) is 12.1 Å². The summed E-state index contributed by atoms with van der Waals surface area (Å²) >= 11 is 6.12. The van der Waals surface area contributed by atoms with E-state index in [1.165, 1.54) is 12.1 Å². The zero-order valence-electron chi connectivity index (χ0n) is 14.7. The summed E-state index contributed by atoms with van der Waals surface area (Å²) in [5, 5.41) is 3.14. The van der Waals surface area contributed by atoms with E-state index in [2.05, 4.69) is 5.32 Å². The molecule has 0 aliphatic heterocycles. The first kappa shape index (κ1) is 25.3. The molecule has 0 bridgehead atoms. The lowest BCUT2D eigenvalue weighted by Gasteiger charge is -2.15. The number of benzene rings is 2. The molecule has 2 rings (SSSR count). The Balaban J connectivity index is 0.00000338. The topological polar surface area (TPSA) is 64.3 Å². The summed E-state index contributed by atoms with van der Waals surface area (Å²) in [6.45, 7) is 1.74. The van der Waals surface area contributed by atoms with E-state index in [0.29, 0.717) is 11.3 Å². The Morgan fingerprint density at radius 1 is 1.30 bits per heavy atom. The van der Waals surface area contributed by atoms with Crippen molar-refractivity contribution in [3.8, 4) is 5.75 Å². The van der Waals surface area contributed by atoms with Gasteiger partial charge in [0, 0.05) is 12.1 Å². The molecule has 3 N–H and O–H groups in total. The highest BCUT2D eigenvalue weighted by Gasteiger charge is 2.13.